The number of hydrogen-bond donors (Lipinski definition) is 1. The molecule has 1 N–H and O–H groups in total. The van der Waals surface area contributed by atoms with Gasteiger partial charge in [-0.1, -0.05) is 29.5 Å². The van der Waals surface area contributed by atoms with Crippen molar-refractivity contribution in [1.82, 2.24) is 14.4 Å². The van der Waals surface area contributed by atoms with E-state index >= 15 is 0 Å². The van der Waals surface area contributed by atoms with Crippen LogP contribution in [0, 0.1) is 13.8 Å². The van der Waals surface area contributed by atoms with Crippen molar-refractivity contribution in [3.63, 3.8) is 0 Å². The van der Waals surface area contributed by atoms with Gasteiger partial charge in [-0.3, -0.25) is 18.9 Å². The topological polar surface area (TPSA) is 140 Å². The number of aliphatic hydroxyl groups is 1. The molecule has 5 rings (SSSR count). The number of benzene rings is 1. The molecule has 39 heavy (non-hydrogen) atoms. The number of aliphatic hydroxyl groups excluding tert-OH is 1. The highest BCUT2D eigenvalue weighted by molar-refractivity contribution is 7.17. The van der Waals surface area contributed by atoms with Crippen LogP contribution >= 0.6 is 11.3 Å². The molecule has 0 radical (unpaired) electrons. The van der Waals surface area contributed by atoms with Crippen molar-refractivity contribution < 1.29 is 33.8 Å². The average Bonchev–Trinajstić information content (AvgIpc) is 3.57. The van der Waals surface area contributed by atoms with E-state index in [4.69, 9.17) is 9.47 Å². The lowest BCUT2D eigenvalue weighted by Gasteiger charge is -2.23. The van der Waals surface area contributed by atoms with Crippen LogP contribution in [0.1, 0.15) is 48.7 Å². The van der Waals surface area contributed by atoms with Crippen LogP contribution in [0.4, 0.5) is 5.13 Å². The van der Waals surface area contributed by atoms with Crippen molar-refractivity contribution in [2.45, 2.75) is 19.9 Å². The molecule has 1 aliphatic heterocycles. The molecular formula is C27H22N4O7S. The summed E-state index contributed by atoms with van der Waals surface area (Å²) in [5.74, 6) is -3.48. The molecule has 1 unspecified atom stereocenters. The largest absolute Gasteiger partial charge is 0.505 e. The first-order valence-corrected chi connectivity index (χ1v) is 12.5. The molecule has 11 nitrogen and oxygen atoms in total. The zero-order valence-electron chi connectivity index (χ0n) is 21.3. The van der Waals surface area contributed by atoms with E-state index in [9.17, 15) is 24.3 Å². The van der Waals surface area contributed by atoms with Crippen LogP contribution < -0.4 is 4.90 Å². The Labute approximate surface area is 225 Å². The second-order valence-electron chi connectivity index (χ2n) is 8.66. The number of ketones is 1. The molecule has 0 bridgehead atoms. The fraction of sp³-hybridized carbons (Fsp3) is 0.185. The van der Waals surface area contributed by atoms with Gasteiger partial charge in [0.15, 0.2) is 10.9 Å². The summed E-state index contributed by atoms with van der Waals surface area (Å²) in [6, 6.07) is 10.3. The van der Waals surface area contributed by atoms with E-state index in [1.165, 1.54) is 26.4 Å². The number of ether oxygens (including phenoxy) is 2. The molecule has 1 aliphatic rings. The third-order valence-electron chi connectivity index (χ3n) is 6.38. The van der Waals surface area contributed by atoms with Crippen LogP contribution in [0.3, 0.4) is 0 Å². The SMILES string of the molecule is COC(=O)c1ccc(C2C(=C(O)c3c(C)nc4ccccn34)C(=O)C(=O)N2c2nc(C)c(C(=O)OC)s2)cc1. The summed E-state index contributed by atoms with van der Waals surface area (Å²) in [4.78, 5) is 61.4. The monoisotopic (exact) mass is 546 g/mol. The Hall–Kier alpha value is -4.84. The molecule has 4 heterocycles. The van der Waals surface area contributed by atoms with E-state index in [0.29, 0.717) is 22.6 Å². The number of fused-ring (bicyclic) bond motifs is 1. The zero-order chi connectivity index (χ0) is 28.0. The Kier molecular flexibility index (Phi) is 6.48. The summed E-state index contributed by atoms with van der Waals surface area (Å²) in [6.07, 6.45) is 1.69. The van der Waals surface area contributed by atoms with Crippen LogP contribution in [0.5, 0.6) is 0 Å². The van der Waals surface area contributed by atoms with Crippen LogP contribution in [-0.2, 0) is 19.1 Å². The van der Waals surface area contributed by atoms with Gasteiger partial charge >= 0.3 is 17.8 Å². The number of carbonyl (C=O) groups is 4. The number of rotatable bonds is 5. The smallest absolute Gasteiger partial charge is 0.350 e. The highest BCUT2D eigenvalue weighted by Gasteiger charge is 2.49. The maximum Gasteiger partial charge on any atom is 0.350 e. The maximum absolute atomic E-state index is 13.5. The number of imidazole rings is 1. The Morgan fingerprint density at radius 1 is 0.949 bits per heavy atom. The number of Topliss-reactive ketones (excluding diaryl/α,β-unsaturated/α-hetero) is 1. The van der Waals surface area contributed by atoms with Crippen molar-refractivity contribution >= 4 is 51.5 Å². The van der Waals surface area contributed by atoms with Gasteiger partial charge in [0.25, 0.3) is 5.78 Å². The number of hydrogen-bond acceptors (Lipinski definition) is 10. The Bertz CT molecular complexity index is 1700. The summed E-state index contributed by atoms with van der Waals surface area (Å²) >= 11 is 0.894. The maximum atomic E-state index is 13.5. The first-order chi connectivity index (χ1) is 18.7. The van der Waals surface area contributed by atoms with E-state index in [1.54, 1.807) is 54.8 Å². The van der Waals surface area contributed by atoms with E-state index < -0.39 is 35.4 Å². The predicted molar refractivity (Wildman–Crippen MR) is 141 cm³/mol. The number of thiazole rings is 1. The highest BCUT2D eigenvalue weighted by atomic mass is 32.1. The quantitative estimate of drug-likeness (QED) is 0.172. The molecule has 1 atom stereocenters. The molecule has 12 heteroatoms. The molecule has 0 aliphatic carbocycles. The first-order valence-electron chi connectivity index (χ1n) is 11.7. The van der Waals surface area contributed by atoms with Gasteiger partial charge in [0.05, 0.1) is 42.8 Å². The number of nitrogens with zero attached hydrogens (tertiary/aromatic N) is 4. The fourth-order valence-corrected chi connectivity index (χ4v) is 5.57. The van der Waals surface area contributed by atoms with Gasteiger partial charge in [-0.2, -0.15) is 0 Å². The van der Waals surface area contributed by atoms with Gasteiger partial charge < -0.3 is 14.6 Å². The lowest BCUT2D eigenvalue weighted by atomic mass is 9.95. The van der Waals surface area contributed by atoms with Crippen LogP contribution in [0.25, 0.3) is 11.4 Å². The number of aromatic nitrogens is 3. The molecule has 0 spiro atoms. The van der Waals surface area contributed by atoms with Gasteiger partial charge in [0.1, 0.15) is 16.2 Å². The minimum Gasteiger partial charge on any atom is -0.505 e. The molecule has 0 saturated carbocycles. The number of carbonyl (C=O) groups excluding carboxylic acids is 4. The van der Waals surface area contributed by atoms with Crippen molar-refractivity contribution in [2.24, 2.45) is 0 Å². The summed E-state index contributed by atoms with van der Waals surface area (Å²) in [7, 11) is 2.49. The lowest BCUT2D eigenvalue weighted by molar-refractivity contribution is -0.132. The summed E-state index contributed by atoms with van der Waals surface area (Å²) < 4.78 is 11.2. The summed E-state index contributed by atoms with van der Waals surface area (Å²) in [6.45, 7) is 3.27. The fourth-order valence-electron chi connectivity index (χ4n) is 4.56. The van der Waals surface area contributed by atoms with Crippen LogP contribution in [0.2, 0.25) is 0 Å². The lowest BCUT2D eigenvalue weighted by Crippen LogP contribution is -2.29. The van der Waals surface area contributed by atoms with Gasteiger partial charge in [-0.15, -0.1) is 0 Å². The second kappa shape index (κ2) is 9.80. The highest BCUT2D eigenvalue weighted by Crippen LogP contribution is 2.44. The van der Waals surface area contributed by atoms with Crippen molar-refractivity contribution in [2.75, 3.05) is 19.1 Å². The van der Waals surface area contributed by atoms with Crippen LogP contribution in [-0.4, -0.2) is 57.3 Å². The van der Waals surface area contributed by atoms with E-state index in [1.807, 2.05) is 0 Å². The Morgan fingerprint density at radius 3 is 2.31 bits per heavy atom. The van der Waals surface area contributed by atoms with E-state index in [0.717, 1.165) is 16.2 Å². The van der Waals surface area contributed by atoms with Gasteiger partial charge in [0.2, 0.25) is 0 Å². The van der Waals surface area contributed by atoms with Crippen LogP contribution in [0.15, 0.2) is 54.2 Å². The van der Waals surface area contributed by atoms with E-state index in [2.05, 4.69) is 9.97 Å². The third kappa shape index (κ3) is 4.14. The molecule has 1 aromatic carbocycles. The number of pyridine rings is 1. The number of aryl methyl sites for hydroxylation is 2. The molecule has 198 valence electrons. The van der Waals surface area contributed by atoms with Gasteiger partial charge in [-0.05, 0) is 43.7 Å². The van der Waals surface area contributed by atoms with Crippen molar-refractivity contribution in [1.29, 1.82) is 0 Å². The first kappa shape index (κ1) is 25.8. The Balaban J connectivity index is 1.75. The third-order valence-corrected chi connectivity index (χ3v) is 7.52. The number of esters is 2. The minimum atomic E-state index is -1.12. The number of methoxy groups -OCH3 is 2. The van der Waals surface area contributed by atoms with E-state index in [-0.39, 0.29) is 26.8 Å². The molecule has 1 amide bonds. The predicted octanol–water partition coefficient (Wildman–Crippen LogP) is 3.61. The second-order valence-corrected chi connectivity index (χ2v) is 9.64. The van der Waals surface area contributed by atoms with Gasteiger partial charge in [0, 0.05) is 6.20 Å². The average molecular weight is 547 g/mol. The molecular weight excluding hydrogens is 524 g/mol. The number of amides is 1. The standard InChI is InChI=1S/C27H22N4O7S/c1-13-19(30-12-6-5-7-17(30)28-13)21(32)18-20(15-8-10-16(11-9-15)25(35)37-3)31(24(34)22(18)33)27-29-14(2)23(39-27)26(36)38-4/h5-12,20,32H,1-4H3. The zero-order valence-corrected chi connectivity index (χ0v) is 22.1. The van der Waals surface area contributed by atoms with Crippen molar-refractivity contribution in [3.05, 3.63) is 87.3 Å². The Morgan fingerprint density at radius 2 is 1.64 bits per heavy atom. The molecule has 1 saturated heterocycles. The molecule has 4 aromatic rings. The number of anilines is 1. The molecule has 1 fully saturated rings. The minimum absolute atomic E-state index is 0.0750. The summed E-state index contributed by atoms with van der Waals surface area (Å²) in [5.41, 5.74) is 2.06. The molecule has 3 aromatic heterocycles. The van der Waals surface area contributed by atoms with Crippen molar-refractivity contribution in [3.8, 4) is 0 Å². The summed E-state index contributed by atoms with van der Waals surface area (Å²) in [5, 5.41) is 11.7. The normalized spacial score (nSPS) is 16.6. The van der Waals surface area contributed by atoms with Gasteiger partial charge in [-0.25, -0.2) is 19.6 Å².